The predicted molar refractivity (Wildman–Crippen MR) is 91.1 cm³/mol. The number of nitrogens with zero attached hydrogens (tertiary/aromatic N) is 2. The normalized spacial score (nSPS) is 19.8. The zero-order valence-corrected chi connectivity index (χ0v) is 14.1. The summed E-state index contributed by atoms with van der Waals surface area (Å²) < 4.78 is 64.7. The first-order valence-corrected chi connectivity index (χ1v) is 7.97. The van der Waals surface area contributed by atoms with E-state index in [2.05, 4.69) is 9.98 Å². The molecule has 0 fully saturated rings. The van der Waals surface area contributed by atoms with Gasteiger partial charge in [-0.3, -0.25) is 9.98 Å². The van der Waals surface area contributed by atoms with E-state index < -0.39 is 29.9 Å². The van der Waals surface area contributed by atoms with Gasteiger partial charge < -0.3 is 5.41 Å². The van der Waals surface area contributed by atoms with Crippen molar-refractivity contribution in [2.24, 2.45) is 15.9 Å². The Morgan fingerprint density at radius 1 is 1.23 bits per heavy atom. The molecule has 140 valence electrons. The van der Waals surface area contributed by atoms with Crippen LogP contribution in [-0.4, -0.2) is 30.4 Å². The molecule has 1 atom stereocenters. The third-order valence-electron chi connectivity index (χ3n) is 4.15. The van der Waals surface area contributed by atoms with Crippen LogP contribution in [0, 0.1) is 23.0 Å². The van der Waals surface area contributed by atoms with Crippen LogP contribution < -0.4 is 0 Å². The molecule has 0 saturated heterocycles. The minimum absolute atomic E-state index is 0.120. The molecule has 1 aliphatic rings. The van der Waals surface area contributed by atoms with Crippen LogP contribution in [0.15, 0.2) is 40.3 Å². The molecule has 0 aliphatic heterocycles. The van der Waals surface area contributed by atoms with E-state index in [0.717, 1.165) is 12.1 Å². The Bertz CT molecular complexity index is 742. The molecule has 1 aromatic rings. The first-order chi connectivity index (χ1) is 12.2. The van der Waals surface area contributed by atoms with Gasteiger partial charge >= 0.3 is 6.18 Å². The summed E-state index contributed by atoms with van der Waals surface area (Å²) in [5.74, 6) is -1.65. The lowest BCUT2D eigenvalue weighted by molar-refractivity contribution is -0.0605. The van der Waals surface area contributed by atoms with Crippen LogP contribution in [0.5, 0.6) is 0 Å². The van der Waals surface area contributed by atoms with Gasteiger partial charge in [-0.1, -0.05) is 12.1 Å². The molecule has 0 radical (unpaired) electrons. The number of hydrogen-bond donors (Lipinski definition) is 1. The van der Waals surface area contributed by atoms with Gasteiger partial charge in [0.1, 0.15) is 17.3 Å². The number of hydrogen-bond acceptors (Lipinski definition) is 3. The highest BCUT2D eigenvalue weighted by Crippen LogP contribution is 2.24. The topological polar surface area (TPSA) is 48.6 Å². The number of halogens is 5. The summed E-state index contributed by atoms with van der Waals surface area (Å²) in [7, 11) is 1.40. The van der Waals surface area contributed by atoms with Gasteiger partial charge in [-0.05, 0) is 31.1 Å². The number of nitrogens with one attached hydrogen (secondary N) is 1. The van der Waals surface area contributed by atoms with E-state index in [4.69, 9.17) is 5.41 Å². The predicted octanol–water partition coefficient (Wildman–Crippen LogP) is 4.91. The smallest absolute Gasteiger partial charge is 0.300 e. The van der Waals surface area contributed by atoms with Gasteiger partial charge in [0.15, 0.2) is 0 Å². The lowest BCUT2D eigenvalue weighted by Gasteiger charge is -2.20. The van der Waals surface area contributed by atoms with E-state index in [0.29, 0.717) is 18.6 Å². The SMILES string of the molecule is CN=C(CC(=N)C(F)(F)F)C1C=CC(=NCc2c(F)cccc2F)CC1. The molecule has 0 aromatic heterocycles. The molecule has 1 aliphatic carbocycles. The number of rotatable bonds is 5. The number of aliphatic imine (C=N–C) groups is 2. The summed E-state index contributed by atoms with van der Waals surface area (Å²) in [6.07, 6.45) is -0.976. The summed E-state index contributed by atoms with van der Waals surface area (Å²) in [4.78, 5) is 8.08. The molecule has 0 bridgehead atoms. The van der Waals surface area contributed by atoms with Crippen LogP contribution in [0.25, 0.3) is 0 Å². The van der Waals surface area contributed by atoms with E-state index in [1.54, 1.807) is 12.2 Å². The van der Waals surface area contributed by atoms with Gasteiger partial charge in [0.05, 0.1) is 6.54 Å². The molecule has 26 heavy (non-hydrogen) atoms. The molecule has 2 rings (SSSR count). The molecule has 0 spiro atoms. The van der Waals surface area contributed by atoms with Crippen molar-refractivity contribution in [2.45, 2.75) is 32.0 Å². The first-order valence-electron chi connectivity index (χ1n) is 7.97. The van der Waals surface area contributed by atoms with Crippen molar-refractivity contribution in [2.75, 3.05) is 7.05 Å². The van der Waals surface area contributed by atoms with E-state index >= 15 is 0 Å². The van der Waals surface area contributed by atoms with E-state index in [1.165, 1.54) is 13.1 Å². The Hall–Kier alpha value is -2.38. The Balaban J connectivity index is 2.04. The quantitative estimate of drug-likeness (QED) is 0.565. The highest BCUT2D eigenvalue weighted by molar-refractivity contribution is 6.08. The molecule has 8 heteroatoms. The van der Waals surface area contributed by atoms with Crippen LogP contribution >= 0.6 is 0 Å². The van der Waals surface area contributed by atoms with Crippen molar-refractivity contribution in [3.63, 3.8) is 0 Å². The van der Waals surface area contributed by atoms with Crippen molar-refractivity contribution in [3.8, 4) is 0 Å². The van der Waals surface area contributed by atoms with Gasteiger partial charge in [0, 0.05) is 36.4 Å². The average molecular weight is 371 g/mol. The fourth-order valence-electron chi connectivity index (χ4n) is 2.64. The van der Waals surface area contributed by atoms with E-state index in [-0.39, 0.29) is 23.7 Å². The lowest BCUT2D eigenvalue weighted by atomic mass is 9.88. The number of alkyl halides is 3. The second kappa shape index (κ2) is 8.33. The van der Waals surface area contributed by atoms with Gasteiger partial charge in [-0.25, -0.2) is 8.78 Å². The number of benzene rings is 1. The Morgan fingerprint density at radius 3 is 2.38 bits per heavy atom. The average Bonchev–Trinajstić information content (AvgIpc) is 2.59. The summed E-state index contributed by atoms with van der Waals surface area (Å²) in [5, 5.41) is 7.11. The summed E-state index contributed by atoms with van der Waals surface area (Å²) >= 11 is 0. The highest BCUT2D eigenvalue weighted by Gasteiger charge is 2.35. The lowest BCUT2D eigenvalue weighted by Crippen LogP contribution is -2.28. The highest BCUT2D eigenvalue weighted by atomic mass is 19.4. The summed E-state index contributed by atoms with van der Waals surface area (Å²) in [5.41, 5.74) is -0.557. The number of allylic oxidation sites excluding steroid dienone is 2. The molecule has 0 heterocycles. The van der Waals surface area contributed by atoms with E-state index in [1.807, 2.05) is 0 Å². The molecule has 1 N–H and O–H groups in total. The maximum atomic E-state index is 13.6. The van der Waals surface area contributed by atoms with Gasteiger partial charge in [-0.2, -0.15) is 13.2 Å². The molecule has 3 nitrogen and oxygen atoms in total. The van der Waals surface area contributed by atoms with Crippen LogP contribution in [0.3, 0.4) is 0 Å². The standard InChI is InChI=1S/C18H18F5N3/c1-25-16(9-17(24)18(21,22)23)11-5-7-12(8-6-11)26-10-13-14(19)3-2-4-15(13)20/h2-5,7,11,24H,6,8-10H2,1H3. The molecule has 1 aromatic carbocycles. The second-order valence-corrected chi connectivity index (χ2v) is 5.88. The minimum Gasteiger partial charge on any atom is -0.300 e. The third kappa shape index (κ3) is 5.06. The fourth-order valence-corrected chi connectivity index (χ4v) is 2.64. The van der Waals surface area contributed by atoms with Crippen molar-refractivity contribution < 1.29 is 22.0 Å². The van der Waals surface area contributed by atoms with Crippen molar-refractivity contribution in [1.29, 1.82) is 5.41 Å². The fraction of sp³-hybridized carbons (Fsp3) is 0.389. The molecular weight excluding hydrogens is 353 g/mol. The third-order valence-corrected chi connectivity index (χ3v) is 4.15. The van der Waals surface area contributed by atoms with Crippen LogP contribution in [-0.2, 0) is 6.54 Å². The minimum atomic E-state index is -4.66. The first kappa shape index (κ1) is 19.9. The molecule has 1 unspecified atom stereocenters. The largest absolute Gasteiger partial charge is 0.429 e. The zero-order chi connectivity index (χ0) is 19.3. The van der Waals surface area contributed by atoms with Crippen molar-refractivity contribution in [1.82, 2.24) is 0 Å². The van der Waals surface area contributed by atoms with E-state index in [9.17, 15) is 22.0 Å². The van der Waals surface area contributed by atoms with Gasteiger partial charge in [0.25, 0.3) is 0 Å². The Kier molecular flexibility index (Phi) is 6.39. The van der Waals surface area contributed by atoms with Gasteiger partial charge in [-0.15, -0.1) is 0 Å². The Morgan fingerprint density at radius 2 is 1.88 bits per heavy atom. The van der Waals surface area contributed by atoms with Crippen molar-refractivity contribution in [3.05, 3.63) is 47.5 Å². The molecule has 0 saturated carbocycles. The van der Waals surface area contributed by atoms with Crippen LogP contribution in [0.2, 0.25) is 0 Å². The maximum Gasteiger partial charge on any atom is 0.429 e. The van der Waals surface area contributed by atoms with Crippen molar-refractivity contribution >= 4 is 17.1 Å². The Labute approximate surface area is 147 Å². The summed E-state index contributed by atoms with van der Waals surface area (Å²) in [6, 6.07) is 3.59. The summed E-state index contributed by atoms with van der Waals surface area (Å²) in [6.45, 7) is -0.143. The van der Waals surface area contributed by atoms with Crippen LogP contribution in [0.1, 0.15) is 24.8 Å². The monoisotopic (exact) mass is 371 g/mol. The zero-order valence-electron chi connectivity index (χ0n) is 14.1. The van der Waals surface area contributed by atoms with Gasteiger partial charge in [0.2, 0.25) is 0 Å². The second-order valence-electron chi connectivity index (χ2n) is 5.88. The molecular formula is C18H18F5N3. The van der Waals surface area contributed by atoms with Crippen LogP contribution in [0.4, 0.5) is 22.0 Å². The molecule has 0 amide bonds. The maximum absolute atomic E-state index is 13.6.